The van der Waals surface area contributed by atoms with Gasteiger partial charge in [0.25, 0.3) is 0 Å². The highest BCUT2D eigenvalue weighted by Gasteiger charge is 2.20. The van der Waals surface area contributed by atoms with Gasteiger partial charge in [0.1, 0.15) is 12.1 Å². The van der Waals surface area contributed by atoms with E-state index in [2.05, 4.69) is 16.3 Å². The van der Waals surface area contributed by atoms with Gasteiger partial charge in [-0.1, -0.05) is 0 Å². The number of nitrogens with one attached hydrogen (secondary N) is 1. The van der Waals surface area contributed by atoms with Crippen molar-refractivity contribution in [1.29, 1.82) is 5.26 Å². The van der Waals surface area contributed by atoms with Crippen LogP contribution < -0.4 is 10.2 Å². The highest BCUT2D eigenvalue weighted by molar-refractivity contribution is 5.94. The van der Waals surface area contributed by atoms with Crippen LogP contribution in [0, 0.1) is 11.3 Å². The van der Waals surface area contributed by atoms with E-state index >= 15 is 0 Å². The third-order valence-corrected chi connectivity index (χ3v) is 4.64. The molecule has 1 aliphatic rings. The predicted molar refractivity (Wildman–Crippen MR) is 96.4 cm³/mol. The Morgan fingerprint density at radius 1 is 1.32 bits per heavy atom. The molecule has 1 aromatic heterocycles. The lowest BCUT2D eigenvalue weighted by Crippen LogP contribution is -2.36. The van der Waals surface area contributed by atoms with Crippen molar-refractivity contribution < 1.29 is 9.90 Å². The highest BCUT2D eigenvalue weighted by atomic mass is 16.3. The van der Waals surface area contributed by atoms with E-state index < -0.39 is 0 Å². The van der Waals surface area contributed by atoms with E-state index in [1.54, 1.807) is 6.07 Å². The second-order valence-corrected chi connectivity index (χ2v) is 6.36. The molecule has 25 heavy (non-hydrogen) atoms. The molecular weight excluding hydrogens is 316 g/mol. The third-order valence-electron chi connectivity index (χ3n) is 4.64. The zero-order chi connectivity index (χ0) is 17.8. The molecule has 0 aliphatic carbocycles. The maximum atomic E-state index is 12.4. The Bertz CT molecular complexity index is 771. The molecule has 6 heteroatoms. The number of carbonyl (C=O) groups excluding carboxylic acids is 1. The Morgan fingerprint density at radius 2 is 2.00 bits per heavy atom. The first-order chi connectivity index (χ1) is 12.1. The van der Waals surface area contributed by atoms with Gasteiger partial charge in [-0.15, -0.1) is 0 Å². The Kier molecular flexibility index (Phi) is 5.05. The molecule has 1 atom stereocenters. The summed E-state index contributed by atoms with van der Waals surface area (Å²) >= 11 is 0. The number of nitriles is 1. The van der Waals surface area contributed by atoms with E-state index in [0.717, 1.165) is 18.8 Å². The summed E-state index contributed by atoms with van der Waals surface area (Å²) in [6.07, 6.45) is 4.85. The minimum atomic E-state index is -0.330. The lowest BCUT2D eigenvalue weighted by molar-refractivity contribution is -0.118. The van der Waals surface area contributed by atoms with Crippen molar-refractivity contribution in [3.63, 3.8) is 0 Å². The zero-order valence-corrected chi connectivity index (χ0v) is 14.2. The number of carbonyl (C=O) groups is 1. The van der Waals surface area contributed by atoms with Crippen molar-refractivity contribution in [2.45, 2.75) is 31.9 Å². The summed E-state index contributed by atoms with van der Waals surface area (Å²) in [5.41, 5.74) is 2.00. The van der Waals surface area contributed by atoms with Crippen molar-refractivity contribution in [2.75, 3.05) is 23.3 Å². The fraction of sp³-hybridized carbons (Fsp3) is 0.368. The Morgan fingerprint density at radius 3 is 2.64 bits per heavy atom. The Labute approximate surface area is 147 Å². The molecule has 1 aliphatic heterocycles. The van der Waals surface area contributed by atoms with Gasteiger partial charge < -0.3 is 19.9 Å². The highest BCUT2D eigenvalue weighted by Crippen LogP contribution is 2.27. The van der Waals surface area contributed by atoms with E-state index in [4.69, 9.17) is 0 Å². The van der Waals surface area contributed by atoms with Crippen LogP contribution in [0.15, 0.2) is 42.7 Å². The number of rotatable bonds is 4. The molecule has 0 radical (unpaired) electrons. The van der Waals surface area contributed by atoms with Crippen molar-refractivity contribution in [3.8, 4) is 6.07 Å². The van der Waals surface area contributed by atoms with Gasteiger partial charge in [0.15, 0.2) is 0 Å². The van der Waals surface area contributed by atoms with Gasteiger partial charge in [-0.3, -0.25) is 4.79 Å². The minimum Gasteiger partial charge on any atom is -0.393 e. The first kappa shape index (κ1) is 17.1. The molecule has 1 aromatic carbocycles. The van der Waals surface area contributed by atoms with Crippen LogP contribution in [-0.2, 0) is 4.79 Å². The molecule has 2 heterocycles. The van der Waals surface area contributed by atoms with E-state index in [-0.39, 0.29) is 18.1 Å². The SMILES string of the molecule is CC(C(=O)Nc1ccc(N2CCC(O)CC2)c(C#N)c1)n1cccc1. The first-order valence-corrected chi connectivity index (χ1v) is 8.49. The van der Waals surface area contributed by atoms with E-state index in [1.165, 1.54) is 0 Å². The van der Waals surface area contributed by atoms with Crippen molar-refractivity contribution in [2.24, 2.45) is 0 Å². The molecule has 1 fully saturated rings. The number of anilines is 2. The molecule has 1 amide bonds. The molecule has 0 spiro atoms. The van der Waals surface area contributed by atoms with E-state index in [0.29, 0.717) is 24.1 Å². The fourth-order valence-corrected chi connectivity index (χ4v) is 3.07. The molecule has 1 unspecified atom stereocenters. The van der Waals surface area contributed by atoms with Gasteiger partial charge in [-0.25, -0.2) is 0 Å². The van der Waals surface area contributed by atoms with Crippen molar-refractivity contribution in [3.05, 3.63) is 48.3 Å². The molecule has 0 bridgehead atoms. The standard InChI is InChI=1S/C19H22N4O2/c1-14(22-8-2-3-9-22)19(25)21-16-4-5-18(15(12-16)13-20)23-10-6-17(24)7-11-23/h2-5,8-9,12,14,17,24H,6-7,10-11H2,1H3,(H,21,25). The van der Waals surface area contributed by atoms with Crippen LogP contribution in [0.2, 0.25) is 0 Å². The lowest BCUT2D eigenvalue weighted by Gasteiger charge is -2.32. The van der Waals surface area contributed by atoms with Crippen molar-refractivity contribution >= 4 is 17.3 Å². The summed E-state index contributed by atoms with van der Waals surface area (Å²) in [5.74, 6) is -0.131. The second-order valence-electron chi connectivity index (χ2n) is 6.36. The monoisotopic (exact) mass is 338 g/mol. The van der Waals surface area contributed by atoms with Gasteiger partial charge >= 0.3 is 0 Å². The average molecular weight is 338 g/mol. The van der Waals surface area contributed by atoms with Crippen LogP contribution >= 0.6 is 0 Å². The number of hydrogen-bond acceptors (Lipinski definition) is 4. The van der Waals surface area contributed by atoms with Gasteiger partial charge in [0.05, 0.1) is 17.4 Å². The third kappa shape index (κ3) is 3.83. The van der Waals surface area contributed by atoms with Gasteiger partial charge in [0, 0.05) is 31.2 Å². The number of piperidine rings is 1. The number of hydrogen-bond donors (Lipinski definition) is 2. The molecule has 2 aromatic rings. The lowest BCUT2D eigenvalue weighted by atomic mass is 10.0. The summed E-state index contributed by atoms with van der Waals surface area (Å²) in [6, 6.07) is 11.0. The van der Waals surface area contributed by atoms with E-state index in [9.17, 15) is 15.2 Å². The molecule has 6 nitrogen and oxygen atoms in total. The van der Waals surface area contributed by atoms with Gasteiger partial charge in [-0.2, -0.15) is 5.26 Å². The molecule has 2 N–H and O–H groups in total. The Balaban J connectivity index is 1.73. The molecule has 130 valence electrons. The van der Waals surface area contributed by atoms with Crippen LogP contribution in [0.4, 0.5) is 11.4 Å². The van der Waals surface area contributed by atoms with Crippen LogP contribution in [0.3, 0.4) is 0 Å². The average Bonchev–Trinajstić information content (AvgIpc) is 3.16. The summed E-state index contributed by atoms with van der Waals surface area (Å²) < 4.78 is 1.83. The maximum absolute atomic E-state index is 12.4. The molecular formula is C19H22N4O2. The van der Waals surface area contributed by atoms with Gasteiger partial charge in [-0.05, 0) is 50.1 Å². The van der Waals surface area contributed by atoms with E-state index in [1.807, 2.05) is 48.1 Å². The van der Waals surface area contributed by atoms with Crippen LogP contribution in [0.5, 0.6) is 0 Å². The molecule has 3 rings (SSSR count). The normalized spacial score (nSPS) is 16.3. The molecule has 0 saturated carbocycles. The maximum Gasteiger partial charge on any atom is 0.247 e. The smallest absolute Gasteiger partial charge is 0.247 e. The summed E-state index contributed by atoms with van der Waals surface area (Å²) in [5, 5.41) is 22.0. The minimum absolute atomic E-state index is 0.131. The number of aromatic nitrogens is 1. The first-order valence-electron chi connectivity index (χ1n) is 8.49. The number of nitrogens with zero attached hydrogens (tertiary/aromatic N) is 3. The largest absolute Gasteiger partial charge is 0.393 e. The topological polar surface area (TPSA) is 81.3 Å². The number of benzene rings is 1. The summed E-state index contributed by atoms with van der Waals surface area (Å²) in [7, 11) is 0. The van der Waals surface area contributed by atoms with Crippen LogP contribution in [0.25, 0.3) is 0 Å². The van der Waals surface area contributed by atoms with Crippen LogP contribution in [-0.4, -0.2) is 34.8 Å². The summed E-state index contributed by atoms with van der Waals surface area (Å²) in [6.45, 7) is 3.28. The quantitative estimate of drug-likeness (QED) is 0.897. The number of amides is 1. The molecule has 1 saturated heterocycles. The number of aliphatic hydroxyl groups excluding tert-OH is 1. The second kappa shape index (κ2) is 7.41. The van der Waals surface area contributed by atoms with Crippen LogP contribution in [0.1, 0.15) is 31.4 Å². The van der Waals surface area contributed by atoms with Crippen molar-refractivity contribution in [1.82, 2.24) is 4.57 Å². The zero-order valence-electron chi connectivity index (χ0n) is 14.2. The summed E-state index contributed by atoms with van der Waals surface area (Å²) in [4.78, 5) is 14.5. The number of aliphatic hydroxyl groups is 1. The Hall–Kier alpha value is -2.78. The fourth-order valence-electron chi connectivity index (χ4n) is 3.07. The predicted octanol–water partition coefficient (Wildman–Crippen LogP) is 2.52. The van der Waals surface area contributed by atoms with Gasteiger partial charge in [0.2, 0.25) is 5.91 Å².